The molecule has 5 nitrogen and oxygen atoms in total. The number of ether oxygens (including phenoxy) is 1. The second-order valence-electron chi connectivity index (χ2n) is 5.26. The number of rotatable bonds is 7. The fourth-order valence-electron chi connectivity index (χ4n) is 2.24. The predicted octanol–water partition coefficient (Wildman–Crippen LogP) is 3.39. The first-order valence-corrected chi connectivity index (χ1v) is 8.75. The Kier molecular flexibility index (Phi) is 6.37. The van der Waals surface area contributed by atoms with E-state index in [4.69, 9.17) is 4.74 Å². The normalized spacial score (nSPS) is 10.3. The number of anilines is 1. The Hall–Kier alpha value is -2.34. The third-order valence-corrected chi connectivity index (χ3v) is 4.80. The number of hydrogen-bond donors (Lipinski definition) is 2. The maximum absolute atomic E-state index is 12.1. The Labute approximate surface area is 146 Å². The van der Waals surface area contributed by atoms with Crippen LogP contribution in [0.3, 0.4) is 0 Å². The van der Waals surface area contributed by atoms with E-state index in [1.165, 1.54) is 16.2 Å². The van der Waals surface area contributed by atoms with E-state index in [0.717, 1.165) is 17.7 Å². The number of aryl methyl sites for hydroxylation is 2. The van der Waals surface area contributed by atoms with Gasteiger partial charge in [0, 0.05) is 10.6 Å². The summed E-state index contributed by atoms with van der Waals surface area (Å²) in [5, 5.41) is 5.39. The van der Waals surface area contributed by atoms with Crippen molar-refractivity contribution in [3.63, 3.8) is 0 Å². The number of amides is 2. The summed E-state index contributed by atoms with van der Waals surface area (Å²) in [6, 6.07) is 8.97. The Morgan fingerprint density at radius 2 is 1.88 bits per heavy atom. The lowest BCUT2D eigenvalue weighted by Crippen LogP contribution is -2.32. The number of thiophene rings is 1. The second-order valence-corrected chi connectivity index (χ2v) is 6.40. The average molecular weight is 346 g/mol. The van der Waals surface area contributed by atoms with Crippen LogP contribution in [0.4, 0.5) is 5.69 Å². The Morgan fingerprint density at radius 3 is 2.46 bits per heavy atom. The SMILES string of the molecule is CCOc1ccc(NC(=O)CNC(=O)c2cc(C)c(CC)s2)cc1. The molecule has 1 aromatic carbocycles. The molecule has 1 heterocycles. The molecule has 1 aromatic heterocycles. The van der Waals surface area contributed by atoms with Crippen LogP contribution in [0.25, 0.3) is 0 Å². The molecule has 0 aliphatic heterocycles. The van der Waals surface area contributed by atoms with Crippen molar-refractivity contribution in [2.24, 2.45) is 0 Å². The summed E-state index contributed by atoms with van der Waals surface area (Å²) in [5.74, 6) is 0.268. The minimum atomic E-state index is -0.267. The third kappa shape index (κ3) is 4.83. The molecule has 0 saturated heterocycles. The van der Waals surface area contributed by atoms with Gasteiger partial charge in [0.2, 0.25) is 5.91 Å². The molecule has 0 radical (unpaired) electrons. The van der Waals surface area contributed by atoms with Crippen LogP contribution in [0.5, 0.6) is 5.75 Å². The van der Waals surface area contributed by atoms with Gasteiger partial charge < -0.3 is 15.4 Å². The van der Waals surface area contributed by atoms with Gasteiger partial charge in [-0.3, -0.25) is 9.59 Å². The monoisotopic (exact) mass is 346 g/mol. The van der Waals surface area contributed by atoms with E-state index in [1.54, 1.807) is 24.3 Å². The smallest absolute Gasteiger partial charge is 0.261 e. The first kappa shape index (κ1) is 18.0. The lowest BCUT2D eigenvalue weighted by Gasteiger charge is -2.07. The fourth-order valence-corrected chi connectivity index (χ4v) is 3.27. The van der Waals surface area contributed by atoms with Crippen molar-refractivity contribution in [1.29, 1.82) is 0 Å². The average Bonchev–Trinajstić information content (AvgIpc) is 2.96. The molecule has 0 aliphatic carbocycles. The van der Waals surface area contributed by atoms with Gasteiger partial charge in [0.05, 0.1) is 18.0 Å². The zero-order valence-corrected chi connectivity index (χ0v) is 15.0. The van der Waals surface area contributed by atoms with Crippen LogP contribution in [0.15, 0.2) is 30.3 Å². The molecular weight excluding hydrogens is 324 g/mol. The third-order valence-electron chi connectivity index (χ3n) is 3.42. The van der Waals surface area contributed by atoms with E-state index in [-0.39, 0.29) is 18.4 Å². The molecule has 2 N–H and O–H groups in total. The molecule has 2 rings (SSSR count). The molecular formula is C18H22N2O3S. The van der Waals surface area contributed by atoms with E-state index in [2.05, 4.69) is 17.6 Å². The summed E-state index contributed by atoms with van der Waals surface area (Å²) >= 11 is 1.47. The van der Waals surface area contributed by atoms with Crippen LogP contribution in [0, 0.1) is 6.92 Å². The van der Waals surface area contributed by atoms with E-state index in [0.29, 0.717) is 17.2 Å². The number of hydrogen-bond acceptors (Lipinski definition) is 4. The topological polar surface area (TPSA) is 67.4 Å². The van der Waals surface area contributed by atoms with Crippen molar-refractivity contribution in [2.75, 3.05) is 18.5 Å². The molecule has 0 spiro atoms. The van der Waals surface area contributed by atoms with Crippen LogP contribution < -0.4 is 15.4 Å². The van der Waals surface area contributed by atoms with Crippen LogP contribution in [0.1, 0.15) is 34.0 Å². The van der Waals surface area contributed by atoms with Gasteiger partial charge in [-0.25, -0.2) is 0 Å². The summed E-state index contributed by atoms with van der Waals surface area (Å²) in [4.78, 5) is 25.9. The molecule has 0 bridgehead atoms. The minimum Gasteiger partial charge on any atom is -0.494 e. The summed E-state index contributed by atoms with van der Waals surface area (Å²) < 4.78 is 5.35. The van der Waals surface area contributed by atoms with Crippen molar-refractivity contribution in [2.45, 2.75) is 27.2 Å². The van der Waals surface area contributed by atoms with E-state index >= 15 is 0 Å². The van der Waals surface area contributed by atoms with Crippen LogP contribution in [-0.2, 0) is 11.2 Å². The van der Waals surface area contributed by atoms with Crippen molar-refractivity contribution in [3.05, 3.63) is 45.6 Å². The molecule has 0 saturated carbocycles. The van der Waals surface area contributed by atoms with Gasteiger partial charge in [0.1, 0.15) is 5.75 Å². The van der Waals surface area contributed by atoms with Crippen LogP contribution in [0.2, 0.25) is 0 Å². The molecule has 0 fully saturated rings. The highest BCUT2D eigenvalue weighted by atomic mass is 32.1. The lowest BCUT2D eigenvalue weighted by molar-refractivity contribution is -0.115. The fraction of sp³-hybridized carbons (Fsp3) is 0.333. The molecule has 128 valence electrons. The molecule has 0 aliphatic rings. The van der Waals surface area contributed by atoms with Crippen LogP contribution >= 0.6 is 11.3 Å². The second kappa shape index (κ2) is 8.49. The highest BCUT2D eigenvalue weighted by molar-refractivity contribution is 7.14. The van der Waals surface area contributed by atoms with Crippen LogP contribution in [-0.4, -0.2) is 25.0 Å². The first-order chi connectivity index (χ1) is 11.5. The molecule has 0 unspecified atom stereocenters. The minimum absolute atomic E-state index is 0.0650. The molecule has 24 heavy (non-hydrogen) atoms. The maximum atomic E-state index is 12.1. The van der Waals surface area contributed by atoms with Crippen molar-refractivity contribution in [1.82, 2.24) is 5.32 Å². The molecule has 2 amide bonds. The number of benzene rings is 1. The van der Waals surface area contributed by atoms with Gasteiger partial charge in [0.15, 0.2) is 0 Å². The highest BCUT2D eigenvalue weighted by Gasteiger charge is 2.12. The van der Waals surface area contributed by atoms with Gasteiger partial charge in [-0.15, -0.1) is 11.3 Å². The summed E-state index contributed by atoms with van der Waals surface area (Å²) in [5.41, 5.74) is 1.78. The maximum Gasteiger partial charge on any atom is 0.261 e. The Balaban J connectivity index is 1.84. The summed E-state index contributed by atoms with van der Waals surface area (Å²) in [7, 11) is 0. The number of carbonyl (C=O) groups excluding carboxylic acids is 2. The summed E-state index contributed by atoms with van der Waals surface area (Å²) in [6.07, 6.45) is 0.905. The van der Waals surface area contributed by atoms with E-state index < -0.39 is 0 Å². The van der Waals surface area contributed by atoms with E-state index in [9.17, 15) is 9.59 Å². The largest absolute Gasteiger partial charge is 0.494 e. The van der Waals surface area contributed by atoms with E-state index in [1.807, 2.05) is 19.9 Å². The molecule has 6 heteroatoms. The van der Waals surface area contributed by atoms with Gasteiger partial charge >= 0.3 is 0 Å². The lowest BCUT2D eigenvalue weighted by atomic mass is 10.2. The molecule has 0 atom stereocenters. The standard InChI is InChI=1S/C18H22N2O3S/c1-4-15-12(3)10-16(24-15)18(22)19-11-17(21)20-13-6-8-14(9-7-13)23-5-2/h6-10H,4-5,11H2,1-3H3,(H,19,22)(H,20,21). The predicted molar refractivity (Wildman–Crippen MR) is 97.0 cm³/mol. The Bertz CT molecular complexity index is 708. The quantitative estimate of drug-likeness (QED) is 0.807. The van der Waals surface area contributed by atoms with Gasteiger partial charge in [0.25, 0.3) is 5.91 Å². The van der Waals surface area contributed by atoms with Gasteiger partial charge in [-0.1, -0.05) is 6.92 Å². The van der Waals surface area contributed by atoms with Crippen molar-refractivity contribution < 1.29 is 14.3 Å². The first-order valence-electron chi connectivity index (χ1n) is 7.93. The zero-order chi connectivity index (χ0) is 17.5. The molecule has 2 aromatic rings. The van der Waals surface area contributed by atoms with Gasteiger partial charge in [-0.05, 0) is 56.2 Å². The summed E-state index contributed by atoms with van der Waals surface area (Å²) in [6.45, 7) is 6.50. The highest BCUT2D eigenvalue weighted by Crippen LogP contribution is 2.22. The Morgan fingerprint density at radius 1 is 1.17 bits per heavy atom. The number of carbonyl (C=O) groups is 2. The zero-order valence-electron chi connectivity index (χ0n) is 14.1. The van der Waals surface area contributed by atoms with Crippen molar-refractivity contribution in [3.8, 4) is 5.75 Å². The van der Waals surface area contributed by atoms with Gasteiger partial charge in [-0.2, -0.15) is 0 Å². The number of nitrogens with one attached hydrogen (secondary N) is 2. The van der Waals surface area contributed by atoms with Crippen molar-refractivity contribution >= 4 is 28.8 Å².